The molecule has 0 spiro atoms. The van der Waals surface area contributed by atoms with Gasteiger partial charge in [-0.05, 0) is 75.3 Å². The minimum absolute atomic E-state index is 0.0464. The number of halogens is 1. The van der Waals surface area contributed by atoms with Gasteiger partial charge < -0.3 is 19.3 Å². The van der Waals surface area contributed by atoms with Gasteiger partial charge in [-0.3, -0.25) is 14.4 Å². The first kappa shape index (κ1) is 28.8. The number of furan rings is 1. The summed E-state index contributed by atoms with van der Waals surface area (Å²) in [6, 6.07) is 9.78. The maximum absolute atomic E-state index is 13.8. The van der Waals surface area contributed by atoms with E-state index in [0.29, 0.717) is 62.1 Å². The largest absolute Gasteiger partial charge is 0.481 e. The highest BCUT2D eigenvalue weighted by atomic mass is 19.1. The number of carbonyl (C=O) groups excluding carboxylic acids is 2. The van der Waals surface area contributed by atoms with Crippen LogP contribution in [0.15, 0.2) is 40.8 Å². The first-order valence-corrected chi connectivity index (χ1v) is 14.3. The van der Waals surface area contributed by atoms with Crippen molar-refractivity contribution in [3.05, 3.63) is 53.5 Å². The fourth-order valence-electron chi connectivity index (χ4n) is 6.15. The molecule has 5 rings (SSSR count). The number of pyridine rings is 1. The van der Waals surface area contributed by atoms with Crippen LogP contribution in [0.1, 0.15) is 76.4 Å². The minimum atomic E-state index is -0.786. The topological polar surface area (TPSA) is 104 Å². The predicted molar refractivity (Wildman–Crippen MR) is 153 cm³/mol. The van der Waals surface area contributed by atoms with E-state index in [1.165, 1.54) is 12.1 Å². The molecule has 0 bridgehead atoms. The van der Waals surface area contributed by atoms with Crippen LogP contribution in [0.5, 0.6) is 0 Å². The van der Waals surface area contributed by atoms with Gasteiger partial charge in [0.25, 0.3) is 5.91 Å². The first-order chi connectivity index (χ1) is 19.2. The van der Waals surface area contributed by atoms with Gasteiger partial charge in [0.2, 0.25) is 5.91 Å². The lowest BCUT2D eigenvalue weighted by Crippen LogP contribution is -2.62. The molecule has 1 saturated carbocycles. The summed E-state index contributed by atoms with van der Waals surface area (Å²) >= 11 is 0. The van der Waals surface area contributed by atoms with Crippen LogP contribution in [-0.4, -0.2) is 62.8 Å². The number of carboxylic acid groups (broad SMARTS) is 1. The van der Waals surface area contributed by atoms with Gasteiger partial charge in [0.1, 0.15) is 11.3 Å². The average Bonchev–Trinajstić information content (AvgIpc) is 3.35. The molecule has 1 saturated heterocycles. The molecular weight excluding hydrogens is 525 g/mol. The van der Waals surface area contributed by atoms with Gasteiger partial charge in [-0.15, -0.1) is 0 Å². The Hall–Kier alpha value is -3.75. The van der Waals surface area contributed by atoms with E-state index in [-0.39, 0.29) is 40.6 Å². The Morgan fingerprint density at radius 3 is 2.22 bits per heavy atom. The third-order valence-electron chi connectivity index (χ3n) is 8.52. The molecule has 41 heavy (non-hydrogen) atoms. The van der Waals surface area contributed by atoms with Gasteiger partial charge in [0.15, 0.2) is 11.3 Å². The highest BCUT2D eigenvalue weighted by Gasteiger charge is 2.42. The highest BCUT2D eigenvalue weighted by molar-refractivity contribution is 5.97. The van der Waals surface area contributed by atoms with Crippen molar-refractivity contribution in [3.8, 4) is 11.3 Å². The average molecular weight is 564 g/mol. The van der Waals surface area contributed by atoms with E-state index in [1.807, 2.05) is 24.8 Å². The molecule has 218 valence electrons. The molecule has 0 atom stereocenters. The zero-order valence-corrected chi connectivity index (χ0v) is 24.4. The molecule has 9 heteroatoms. The van der Waals surface area contributed by atoms with Crippen LogP contribution in [0.4, 0.5) is 4.39 Å². The van der Waals surface area contributed by atoms with Crippen LogP contribution >= 0.6 is 0 Å². The molecule has 1 aliphatic carbocycles. The quantitative estimate of drug-likeness (QED) is 0.425. The van der Waals surface area contributed by atoms with E-state index < -0.39 is 11.5 Å². The third-order valence-corrected chi connectivity index (χ3v) is 8.52. The zero-order chi connectivity index (χ0) is 29.7. The van der Waals surface area contributed by atoms with Gasteiger partial charge in [0.05, 0.1) is 17.2 Å². The summed E-state index contributed by atoms with van der Waals surface area (Å²) < 4.78 is 19.7. The number of hydrogen-bond acceptors (Lipinski definition) is 5. The Balaban J connectivity index is 1.37. The lowest BCUT2D eigenvalue weighted by atomic mass is 9.81. The van der Waals surface area contributed by atoms with Crippen LogP contribution in [0.2, 0.25) is 0 Å². The van der Waals surface area contributed by atoms with Crippen molar-refractivity contribution in [1.82, 2.24) is 14.8 Å². The van der Waals surface area contributed by atoms with Crippen LogP contribution in [0.25, 0.3) is 22.4 Å². The van der Waals surface area contributed by atoms with E-state index in [0.717, 1.165) is 11.1 Å². The highest BCUT2D eigenvalue weighted by Crippen LogP contribution is 2.36. The number of benzene rings is 1. The third kappa shape index (κ3) is 5.72. The molecule has 2 aliphatic rings. The van der Waals surface area contributed by atoms with Gasteiger partial charge in [0, 0.05) is 42.7 Å². The standard InChI is InChI=1S/C32H38FN3O5/c1-31(2,3)23-16-24(19-10-12-22(33)13-11-19)34-25-17-26(41-27(23)25)29(38)36-15-14-35(18-32(36,4)5)28(37)20-6-8-21(9-7-20)30(39)40/h10-13,16-17,20-21H,6-9,14-15,18H2,1-5H3,(H,39,40). The SMILES string of the molecule is CC(C)(C)c1cc(-c2ccc(F)cc2)nc2cc(C(=O)N3CCN(C(=O)C4CCC(C(=O)O)CC4)CC3(C)C)oc12. The molecule has 3 heterocycles. The van der Waals surface area contributed by atoms with Gasteiger partial charge in [-0.25, -0.2) is 9.37 Å². The lowest BCUT2D eigenvalue weighted by molar-refractivity contribution is -0.147. The van der Waals surface area contributed by atoms with Crippen molar-refractivity contribution >= 4 is 28.9 Å². The molecule has 0 radical (unpaired) electrons. The fraction of sp³-hybridized carbons (Fsp3) is 0.500. The van der Waals surface area contributed by atoms with E-state index in [4.69, 9.17) is 9.40 Å². The van der Waals surface area contributed by atoms with Crippen molar-refractivity contribution < 1.29 is 28.3 Å². The van der Waals surface area contributed by atoms with Crippen molar-refractivity contribution in [3.63, 3.8) is 0 Å². The van der Waals surface area contributed by atoms with Crippen LogP contribution in [0, 0.1) is 17.7 Å². The summed E-state index contributed by atoms with van der Waals surface area (Å²) in [5.74, 6) is -1.67. The van der Waals surface area contributed by atoms with E-state index in [9.17, 15) is 23.9 Å². The number of fused-ring (bicyclic) bond motifs is 1. The Kier molecular flexibility index (Phi) is 7.42. The van der Waals surface area contributed by atoms with Gasteiger partial charge >= 0.3 is 5.97 Å². The summed E-state index contributed by atoms with van der Waals surface area (Å²) in [5.41, 5.74) is 2.51. The second-order valence-corrected chi connectivity index (χ2v) is 13.1. The van der Waals surface area contributed by atoms with Crippen molar-refractivity contribution in [2.45, 2.75) is 71.3 Å². The number of amides is 2. The first-order valence-electron chi connectivity index (χ1n) is 14.3. The number of hydrogen-bond donors (Lipinski definition) is 1. The normalized spacial score (nSPS) is 21.2. The maximum atomic E-state index is 13.8. The molecular formula is C32H38FN3O5. The van der Waals surface area contributed by atoms with Gasteiger partial charge in [-0.2, -0.15) is 0 Å². The number of rotatable bonds is 4. The predicted octanol–water partition coefficient (Wildman–Crippen LogP) is 5.89. The van der Waals surface area contributed by atoms with Crippen molar-refractivity contribution in [2.24, 2.45) is 11.8 Å². The number of aromatic nitrogens is 1. The molecule has 1 N–H and O–H groups in total. The monoisotopic (exact) mass is 563 g/mol. The van der Waals surface area contributed by atoms with Crippen molar-refractivity contribution in [2.75, 3.05) is 19.6 Å². The minimum Gasteiger partial charge on any atom is -0.481 e. The summed E-state index contributed by atoms with van der Waals surface area (Å²) in [6.45, 7) is 11.2. The molecule has 2 aromatic heterocycles. The Morgan fingerprint density at radius 2 is 1.63 bits per heavy atom. The fourth-order valence-corrected chi connectivity index (χ4v) is 6.15. The summed E-state index contributed by atoms with van der Waals surface area (Å²) in [4.78, 5) is 46.8. The number of aliphatic carboxylic acids is 1. The molecule has 3 aromatic rings. The molecule has 1 aliphatic heterocycles. The second kappa shape index (κ2) is 10.6. The molecule has 2 fully saturated rings. The van der Waals surface area contributed by atoms with E-state index >= 15 is 0 Å². The number of carboxylic acids is 1. The maximum Gasteiger partial charge on any atom is 0.306 e. The Bertz CT molecular complexity index is 1480. The van der Waals surface area contributed by atoms with E-state index in [1.54, 1.807) is 23.1 Å². The van der Waals surface area contributed by atoms with Crippen LogP contribution in [0.3, 0.4) is 0 Å². The smallest absolute Gasteiger partial charge is 0.306 e. The molecule has 1 aromatic carbocycles. The van der Waals surface area contributed by atoms with Gasteiger partial charge in [-0.1, -0.05) is 20.8 Å². The number of nitrogens with zero attached hydrogens (tertiary/aromatic N) is 3. The van der Waals surface area contributed by atoms with Crippen molar-refractivity contribution in [1.29, 1.82) is 0 Å². The molecule has 8 nitrogen and oxygen atoms in total. The molecule has 0 unspecified atom stereocenters. The van der Waals surface area contributed by atoms with E-state index in [2.05, 4.69) is 20.8 Å². The second-order valence-electron chi connectivity index (χ2n) is 13.1. The van der Waals surface area contributed by atoms with Crippen LogP contribution < -0.4 is 0 Å². The Labute approximate surface area is 239 Å². The summed E-state index contributed by atoms with van der Waals surface area (Å²) in [6.07, 6.45) is 2.20. The van der Waals surface area contributed by atoms with Crippen LogP contribution in [-0.2, 0) is 15.0 Å². The Morgan fingerprint density at radius 1 is 1.00 bits per heavy atom. The summed E-state index contributed by atoms with van der Waals surface area (Å²) in [5, 5.41) is 9.27. The number of carbonyl (C=O) groups is 3. The number of piperazine rings is 1. The lowest BCUT2D eigenvalue weighted by Gasteiger charge is -2.47. The summed E-state index contributed by atoms with van der Waals surface area (Å²) in [7, 11) is 0. The zero-order valence-electron chi connectivity index (χ0n) is 24.4. The molecule has 2 amide bonds.